The van der Waals surface area contributed by atoms with Gasteiger partial charge in [0.15, 0.2) is 0 Å². The van der Waals surface area contributed by atoms with Crippen LogP contribution in [-0.4, -0.2) is 67.4 Å². The van der Waals surface area contributed by atoms with Gasteiger partial charge in [-0.1, -0.05) is 32.0 Å². The molecule has 0 aromatic heterocycles. The number of hydrogen-bond acceptors (Lipinski definition) is 7. The van der Waals surface area contributed by atoms with E-state index in [1.165, 1.54) is 17.0 Å². The lowest BCUT2D eigenvalue weighted by Crippen LogP contribution is -2.66. The lowest BCUT2D eigenvalue weighted by atomic mass is 9.76. The van der Waals surface area contributed by atoms with Crippen LogP contribution in [0.4, 0.5) is 4.79 Å². The van der Waals surface area contributed by atoms with Crippen molar-refractivity contribution in [3.05, 3.63) is 30.3 Å². The van der Waals surface area contributed by atoms with E-state index in [4.69, 9.17) is 4.74 Å². The van der Waals surface area contributed by atoms with Crippen molar-refractivity contribution in [2.45, 2.75) is 100 Å². The first kappa shape index (κ1) is 28.8. The summed E-state index contributed by atoms with van der Waals surface area (Å²) in [6, 6.07) is 5.84. The number of carbonyl (C=O) groups excluding carboxylic acids is 4. The summed E-state index contributed by atoms with van der Waals surface area (Å²) in [5.41, 5.74) is -1.36. The van der Waals surface area contributed by atoms with Gasteiger partial charge in [-0.15, -0.1) is 0 Å². The van der Waals surface area contributed by atoms with Crippen LogP contribution in [0.5, 0.6) is 0 Å². The molecule has 4 amide bonds. The van der Waals surface area contributed by atoms with Crippen molar-refractivity contribution >= 4 is 33.8 Å². The molecule has 11 nitrogen and oxygen atoms in total. The number of hydrogen-bond donors (Lipinski definition) is 3. The van der Waals surface area contributed by atoms with Crippen molar-refractivity contribution in [2.75, 3.05) is 6.54 Å². The molecule has 4 rings (SSSR count). The van der Waals surface area contributed by atoms with Crippen LogP contribution in [-0.2, 0) is 29.1 Å². The Morgan fingerprint density at radius 2 is 1.64 bits per heavy atom. The summed E-state index contributed by atoms with van der Waals surface area (Å²) in [6.07, 6.45) is 5.06. The third-order valence-electron chi connectivity index (χ3n) is 7.91. The maximum Gasteiger partial charge on any atom is 0.408 e. The quantitative estimate of drug-likeness (QED) is 0.417. The fraction of sp³-hybridized carbons (Fsp3) is 0.630. The van der Waals surface area contributed by atoms with Crippen molar-refractivity contribution in [3.8, 4) is 0 Å². The van der Waals surface area contributed by atoms with Gasteiger partial charge in [0, 0.05) is 6.54 Å². The molecule has 12 heteroatoms. The largest absolute Gasteiger partial charge is 0.446 e. The topological polar surface area (TPSA) is 151 Å². The Hall–Kier alpha value is -3.15. The number of rotatable bonds is 9. The predicted octanol–water partition coefficient (Wildman–Crippen LogP) is 2.21. The number of ether oxygens (including phenoxy) is 1. The SMILES string of the molecule is CC(C)[C@H](NC(=O)OC1CCCC1)C(=O)N1CCC[C@H]1C(=O)NC1(C(=O)NS(=O)(=O)c2ccccc2)CCC1. The molecule has 0 radical (unpaired) electrons. The summed E-state index contributed by atoms with van der Waals surface area (Å²) in [6.45, 7) is 3.95. The van der Waals surface area contributed by atoms with E-state index in [0.717, 1.165) is 25.7 Å². The molecule has 0 spiro atoms. The first-order valence-electron chi connectivity index (χ1n) is 13.7. The molecule has 1 heterocycles. The first-order valence-corrected chi connectivity index (χ1v) is 15.2. The van der Waals surface area contributed by atoms with Crippen molar-refractivity contribution in [3.63, 3.8) is 0 Å². The van der Waals surface area contributed by atoms with Crippen molar-refractivity contribution < 1.29 is 32.3 Å². The average molecular weight is 563 g/mol. The van der Waals surface area contributed by atoms with Crippen LogP contribution in [0.25, 0.3) is 0 Å². The summed E-state index contributed by atoms with van der Waals surface area (Å²) in [4.78, 5) is 53.9. The number of amides is 4. The van der Waals surface area contributed by atoms with E-state index in [9.17, 15) is 27.6 Å². The predicted molar refractivity (Wildman–Crippen MR) is 142 cm³/mol. The summed E-state index contributed by atoms with van der Waals surface area (Å²) in [7, 11) is -4.11. The van der Waals surface area contributed by atoms with Crippen LogP contribution < -0.4 is 15.4 Å². The molecule has 0 unspecified atom stereocenters. The Balaban J connectivity index is 1.41. The molecule has 2 aliphatic carbocycles. The fourth-order valence-electron chi connectivity index (χ4n) is 5.45. The zero-order valence-electron chi connectivity index (χ0n) is 22.5. The second-order valence-electron chi connectivity index (χ2n) is 11.0. The second kappa shape index (κ2) is 11.9. The molecular weight excluding hydrogens is 524 g/mol. The average Bonchev–Trinajstić information content (AvgIpc) is 3.56. The summed E-state index contributed by atoms with van der Waals surface area (Å²) in [5, 5.41) is 5.46. The number of benzene rings is 1. The molecular formula is C27H38N4O7S. The highest BCUT2D eigenvalue weighted by Crippen LogP contribution is 2.33. The van der Waals surface area contributed by atoms with Gasteiger partial charge in [-0.05, 0) is 75.8 Å². The zero-order chi connectivity index (χ0) is 28.2. The minimum atomic E-state index is -4.11. The van der Waals surface area contributed by atoms with Crippen LogP contribution in [0.15, 0.2) is 35.2 Å². The Kier molecular flexibility index (Phi) is 8.83. The van der Waals surface area contributed by atoms with Gasteiger partial charge in [0.1, 0.15) is 23.7 Å². The molecule has 1 aromatic carbocycles. The smallest absolute Gasteiger partial charge is 0.408 e. The number of carbonyl (C=O) groups is 4. The van der Waals surface area contributed by atoms with Crippen LogP contribution in [0.3, 0.4) is 0 Å². The second-order valence-corrected chi connectivity index (χ2v) is 12.7. The summed E-state index contributed by atoms with van der Waals surface area (Å²) < 4.78 is 33.0. The number of nitrogens with one attached hydrogen (secondary N) is 3. The van der Waals surface area contributed by atoms with Gasteiger partial charge in [0.05, 0.1) is 4.90 Å². The van der Waals surface area contributed by atoms with Crippen molar-refractivity contribution in [1.82, 2.24) is 20.3 Å². The molecule has 1 aliphatic heterocycles. The monoisotopic (exact) mass is 562 g/mol. The molecule has 3 aliphatic rings. The molecule has 2 atom stereocenters. The fourth-order valence-corrected chi connectivity index (χ4v) is 6.52. The molecule has 214 valence electrons. The third kappa shape index (κ3) is 6.54. The van der Waals surface area contributed by atoms with E-state index in [-0.39, 0.29) is 22.8 Å². The van der Waals surface area contributed by atoms with E-state index in [1.54, 1.807) is 18.2 Å². The number of alkyl carbamates (subject to hydrolysis) is 1. The highest BCUT2D eigenvalue weighted by Gasteiger charge is 2.49. The van der Waals surface area contributed by atoms with Gasteiger partial charge in [-0.3, -0.25) is 14.4 Å². The van der Waals surface area contributed by atoms with Crippen LogP contribution in [0, 0.1) is 5.92 Å². The maximum atomic E-state index is 13.5. The lowest BCUT2D eigenvalue weighted by molar-refractivity contribution is -0.143. The molecule has 3 N–H and O–H groups in total. The van der Waals surface area contributed by atoms with E-state index in [1.807, 2.05) is 13.8 Å². The Labute approximate surface area is 229 Å². The lowest BCUT2D eigenvalue weighted by Gasteiger charge is -2.42. The molecule has 2 saturated carbocycles. The molecule has 39 heavy (non-hydrogen) atoms. The molecule has 1 aromatic rings. The molecule has 1 saturated heterocycles. The van der Waals surface area contributed by atoms with E-state index < -0.39 is 45.6 Å². The van der Waals surface area contributed by atoms with Crippen LogP contribution in [0.1, 0.15) is 71.6 Å². The summed E-state index contributed by atoms with van der Waals surface area (Å²) in [5.74, 6) is -1.93. The minimum Gasteiger partial charge on any atom is -0.446 e. The van der Waals surface area contributed by atoms with Gasteiger partial charge in [0.2, 0.25) is 11.8 Å². The highest BCUT2D eigenvalue weighted by molar-refractivity contribution is 7.90. The zero-order valence-corrected chi connectivity index (χ0v) is 23.3. The molecule has 3 fully saturated rings. The van der Waals surface area contributed by atoms with E-state index >= 15 is 0 Å². The van der Waals surface area contributed by atoms with Gasteiger partial charge >= 0.3 is 6.09 Å². The number of sulfonamides is 1. The number of likely N-dealkylation sites (tertiary alicyclic amines) is 1. The standard InChI is InChI=1S/C27H38N4O7S/c1-18(2)22(28-26(35)38-19-10-6-7-11-19)24(33)31-17-8-14-21(31)23(32)29-27(15-9-16-27)25(34)30-39(36,37)20-12-4-3-5-13-20/h3-5,12-13,18-19,21-22H,6-11,14-17H2,1-2H3,(H,28,35)(H,29,32)(H,30,34)/t21-,22-/m0/s1. The third-order valence-corrected chi connectivity index (χ3v) is 9.25. The van der Waals surface area contributed by atoms with E-state index in [2.05, 4.69) is 15.4 Å². The van der Waals surface area contributed by atoms with Crippen LogP contribution in [0.2, 0.25) is 0 Å². The van der Waals surface area contributed by atoms with Crippen molar-refractivity contribution in [2.24, 2.45) is 5.92 Å². The van der Waals surface area contributed by atoms with E-state index in [0.29, 0.717) is 38.6 Å². The van der Waals surface area contributed by atoms with Gasteiger partial charge in [-0.25, -0.2) is 17.9 Å². The summed E-state index contributed by atoms with van der Waals surface area (Å²) >= 11 is 0. The Bertz CT molecular complexity index is 1180. The maximum absolute atomic E-state index is 13.5. The van der Waals surface area contributed by atoms with Gasteiger partial charge in [-0.2, -0.15) is 0 Å². The van der Waals surface area contributed by atoms with Gasteiger partial charge in [0.25, 0.3) is 15.9 Å². The minimum absolute atomic E-state index is 0.0506. The Morgan fingerprint density at radius 3 is 2.23 bits per heavy atom. The first-order chi connectivity index (χ1) is 18.5. The highest BCUT2D eigenvalue weighted by atomic mass is 32.2. The molecule has 0 bridgehead atoms. The number of nitrogens with zero attached hydrogens (tertiary/aromatic N) is 1. The van der Waals surface area contributed by atoms with Gasteiger partial charge < -0.3 is 20.3 Å². The normalized spacial score (nSPS) is 21.6. The van der Waals surface area contributed by atoms with Crippen LogP contribution >= 0.6 is 0 Å². The van der Waals surface area contributed by atoms with Crippen molar-refractivity contribution in [1.29, 1.82) is 0 Å². The Morgan fingerprint density at radius 1 is 0.974 bits per heavy atom.